The summed E-state index contributed by atoms with van der Waals surface area (Å²) in [5, 5.41) is 33.6. The average molecular weight is 421 g/mol. The van der Waals surface area contributed by atoms with E-state index >= 15 is 0 Å². The monoisotopic (exact) mass is 421 g/mol. The summed E-state index contributed by atoms with van der Waals surface area (Å²) in [6.07, 6.45) is -1.01. The largest absolute Gasteiger partial charge is 0.507 e. The highest BCUT2D eigenvalue weighted by Crippen LogP contribution is 2.51. The summed E-state index contributed by atoms with van der Waals surface area (Å²) in [4.78, 5) is 11.1. The highest BCUT2D eigenvalue weighted by Gasteiger charge is 2.37. The molecule has 0 aliphatic carbocycles. The molecule has 0 spiro atoms. The Bertz CT molecular complexity index is 1290. The molecule has 0 bridgehead atoms. The van der Waals surface area contributed by atoms with Crippen molar-refractivity contribution in [1.29, 1.82) is 0 Å². The Hall–Kier alpha value is -3.58. The van der Waals surface area contributed by atoms with Crippen molar-refractivity contribution in [3.8, 4) is 17.2 Å². The number of phenols is 3. The van der Waals surface area contributed by atoms with Crippen LogP contribution >= 0.6 is 11.8 Å². The Kier molecular flexibility index (Phi) is 4.83. The number of thioether (sulfide) groups is 1. The number of carbonyl (C=O) groups is 1. The van der Waals surface area contributed by atoms with E-state index in [1.807, 2.05) is 18.2 Å². The number of benzene rings is 4. The van der Waals surface area contributed by atoms with Gasteiger partial charge < -0.3 is 25.8 Å². The van der Waals surface area contributed by atoms with E-state index in [-0.39, 0.29) is 17.2 Å². The summed E-state index contributed by atoms with van der Waals surface area (Å²) in [5.41, 5.74) is 5.69. The Morgan fingerprint density at radius 1 is 0.833 bits per heavy atom. The Balaban J connectivity index is 1.96. The maximum Gasteiger partial charge on any atom is 0.406 e. The molecule has 0 fully saturated rings. The van der Waals surface area contributed by atoms with E-state index < -0.39 is 11.0 Å². The zero-order valence-corrected chi connectivity index (χ0v) is 16.8. The zero-order valence-electron chi connectivity index (χ0n) is 16.0. The van der Waals surface area contributed by atoms with Crippen LogP contribution in [0.1, 0.15) is 12.5 Å². The van der Waals surface area contributed by atoms with Crippen LogP contribution in [-0.2, 0) is 9.67 Å². The molecular formula is C23H19NO5S. The van der Waals surface area contributed by atoms with Gasteiger partial charge in [0.1, 0.15) is 17.2 Å². The molecule has 0 aliphatic heterocycles. The third-order valence-electron chi connectivity index (χ3n) is 4.92. The quantitative estimate of drug-likeness (QED) is 0.267. The molecule has 0 saturated heterocycles. The van der Waals surface area contributed by atoms with Crippen LogP contribution in [0.4, 0.5) is 4.79 Å². The number of amides is 1. The van der Waals surface area contributed by atoms with Crippen LogP contribution in [0, 0.1) is 0 Å². The number of hydrogen-bond donors (Lipinski definition) is 4. The van der Waals surface area contributed by atoms with E-state index in [2.05, 4.69) is 0 Å². The van der Waals surface area contributed by atoms with Crippen LogP contribution in [-0.4, -0.2) is 21.4 Å². The van der Waals surface area contributed by atoms with E-state index in [1.54, 1.807) is 49.4 Å². The van der Waals surface area contributed by atoms with Gasteiger partial charge in [0.05, 0.1) is 5.56 Å². The minimum atomic E-state index is -1.43. The topological polar surface area (TPSA) is 113 Å². The third kappa shape index (κ3) is 3.33. The lowest BCUT2D eigenvalue weighted by atomic mass is 9.98. The van der Waals surface area contributed by atoms with Crippen molar-refractivity contribution in [2.75, 3.05) is 0 Å². The molecular weight excluding hydrogens is 402 g/mol. The molecule has 152 valence electrons. The van der Waals surface area contributed by atoms with E-state index in [9.17, 15) is 20.1 Å². The molecule has 7 heteroatoms. The van der Waals surface area contributed by atoms with E-state index in [0.717, 1.165) is 5.39 Å². The number of ether oxygens (including phenoxy) is 1. The van der Waals surface area contributed by atoms with Gasteiger partial charge in [0.2, 0.25) is 0 Å². The molecule has 6 nitrogen and oxygen atoms in total. The molecule has 5 N–H and O–H groups in total. The second kappa shape index (κ2) is 7.35. The summed E-state index contributed by atoms with van der Waals surface area (Å²) in [6.45, 7) is 1.63. The summed E-state index contributed by atoms with van der Waals surface area (Å²) < 4.78 is 5.53. The van der Waals surface area contributed by atoms with Crippen LogP contribution in [0.3, 0.4) is 0 Å². The molecule has 30 heavy (non-hydrogen) atoms. The molecule has 0 radical (unpaired) electrons. The molecule has 0 aromatic heterocycles. The molecule has 4 aromatic carbocycles. The Morgan fingerprint density at radius 3 is 2.03 bits per heavy atom. The van der Waals surface area contributed by atoms with Crippen LogP contribution in [0.15, 0.2) is 71.6 Å². The van der Waals surface area contributed by atoms with Crippen molar-refractivity contribution >= 4 is 39.4 Å². The second-order valence-electron chi connectivity index (χ2n) is 6.93. The maximum atomic E-state index is 11.8. The van der Waals surface area contributed by atoms with Gasteiger partial charge >= 0.3 is 6.09 Å². The minimum Gasteiger partial charge on any atom is -0.507 e. The Morgan fingerprint density at radius 2 is 1.40 bits per heavy atom. The second-order valence-corrected chi connectivity index (χ2v) is 8.36. The number of nitrogens with two attached hydrogens (primary N) is 1. The highest BCUT2D eigenvalue weighted by molar-refractivity contribution is 8.00. The SMILES string of the molecule is CC(OC(N)=O)(Sc1ccc(O)c2ccccc12)c1c(O)cc(O)c2ccccc12. The normalized spacial score (nSPS) is 13.2. The molecule has 1 unspecified atom stereocenters. The molecule has 1 amide bonds. The minimum absolute atomic E-state index is 0.0895. The van der Waals surface area contributed by atoms with Gasteiger partial charge in [0.25, 0.3) is 0 Å². The van der Waals surface area contributed by atoms with Crippen molar-refractivity contribution < 1.29 is 24.9 Å². The van der Waals surface area contributed by atoms with Gasteiger partial charge in [0.15, 0.2) is 4.93 Å². The van der Waals surface area contributed by atoms with Crippen molar-refractivity contribution in [3.05, 3.63) is 72.3 Å². The summed E-state index contributed by atoms with van der Waals surface area (Å²) >= 11 is 1.17. The zero-order chi connectivity index (χ0) is 21.5. The van der Waals surface area contributed by atoms with Gasteiger partial charge in [-0.15, -0.1) is 0 Å². The smallest absolute Gasteiger partial charge is 0.406 e. The fourth-order valence-electron chi connectivity index (χ4n) is 3.69. The number of hydrogen-bond acceptors (Lipinski definition) is 6. The number of aromatic hydroxyl groups is 3. The standard InChI is InChI=1S/C23H19NO5S/c1-23(29-22(24)28,21-16-9-5-3-7-14(16)18(26)12-19(21)27)30-20-11-10-17(25)13-6-2-4-8-15(13)20/h2-12,25-27H,1H3,(H2,24,28). The van der Waals surface area contributed by atoms with E-state index in [4.69, 9.17) is 10.5 Å². The van der Waals surface area contributed by atoms with Crippen molar-refractivity contribution in [1.82, 2.24) is 0 Å². The van der Waals surface area contributed by atoms with Crippen LogP contribution in [0.2, 0.25) is 0 Å². The number of rotatable bonds is 4. The first-order valence-corrected chi connectivity index (χ1v) is 9.94. The molecule has 0 aliphatic rings. The van der Waals surface area contributed by atoms with Crippen LogP contribution in [0.5, 0.6) is 17.2 Å². The first-order chi connectivity index (χ1) is 14.3. The number of primary amides is 1. The van der Waals surface area contributed by atoms with Gasteiger partial charge in [-0.1, -0.05) is 60.3 Å². The fourth-order valence-corrected chi connectivity index (χ4v) is 4.97. The van der Waals surface area contributed by atoms with Gasteiger partial charge in [-0.2, -0.15) is 0 Å². The maximum absolute atomic E-state index is 11.8. The van der Waals surface area contributed by atoms with E-state index in [1.165, 1.54) is 17.8 Å². The van der Waals surface area contributed by atoms with Crippen molar-refractivity contribution in [3.63, 3.8) is 0 Å². The molecule has 4 aromatic rings. The first-order valence-electron chi connectivity index (χ1n) is 9.12. The summed E-state index contributed by atoms with van der Waals surface area (Å²) in [7, 11) is 0. The highest BCUT2D eigenvalue weighted by atomic mass is 32.2. The van der Waals surface area contributed by atoms with E-state index in [0.29, 0.717) is 26.6 Å². The lowest BCUT2D eigenvalue weighted by Crippen LogP contribution is -2.29. The molecule has 0 heterocycles. The van der Waals surface area contributed by atoms with Gasteiger partial charge in [-0.05, 0) is 29.8 Å². The molecule has 1 atom stereocenters. The third-order valence-corrected chi connectivity index (χ3v) is 6.17. The Labute approximate surface area is 176 Å². The predicted octanol–water partition coefficient (Wildman–Crippen LogP) is 5.17. The van der Waals surface area contributed by atoms with Crippen molar-refractivity contribution in [2.24, 2.45) is 5.73 Å². The summed E-state index contributed by atoms with van der Waals surface area (Å²) in [6, 6.07) is 18.7. The van der Waals surface area contributed by atoms with Gasteiger partial charge in [-0.3, -0.25) is 0 Å². The lowest BCUT2D eigenvalue weighted by molar-refractivity contribution is 0.0942. The van der Waals surface area contributed by atoms with Gasteiger partial charge in [0, 0.05) is 21.7 Å². The number of fused-ring (bicyclic) bond motifs is 2. The summed E-state index contributed by atoms with van der Waals surface area (Å²) in [5.74, 6) is -0.190. The lowest BCUT2D eigenvalue weighted by Gasteiger charge is -2.31. The van der Waals surface area contributed by atoms with Crippen molar-refractivity contribution in [2.45, 2.75) is 16.8 Å². The number of phenolic OH excluding ortho intramolecular Hbond substituents is 3. The predicted molar refractivity (Wildman–Crippen MR) is 117 cm³/mol. The van der Waals surface area contributed by atoms with Crippen LogP contribution in [0.25, 0.3) is 21.5 Å². The fraction of sp³-hybridized carbons (Fsp3) is 0.0870. The van der Waals surface area contributed by atoms with Crippen LogP contribution < -0.4 is 5.73 Å². The average Bonchev–Trinajstić information content (AvgIpc) is 2.70. The van der Waals surface area contributed by atoms with Gasteiger partial charge in [-0.25, -0.2) is 4.79 Å². The molecule has 4 rings (SSSR count). The number of carbonyl (C=O) groups excluding carboxylic acids is 1. The first kappa shape index (κ1) is 19.7. The molecule has 0 saturated carbocycles.